The minimum atomic E-state index is -3.09. The topological polar surface area (TPSA) is 46.2 Å². The van der Waals surface area contributed by atoms with Gasteiger partial charge in [-0.15, -0.1) is 0 Å². The lowest BCUT2D eigenvalue weighted by Crippen LogP contribution is -2.30. The first-order valence-electron chi connectivity index (χ1n) is 4.94. The van der Waals surface area contributed by atoms with E-state index in [4.69, 9.17) is 11.6 Å². The molecule has 2 atom stereocenters. The van der Waals surface area contributed by atoms with Gasteiger partial charge in [0, 0.05) is 5.41 Å². The van der Waals surface area contributed by atoms with E-state index in [2.05, 4.69) is 5.32 Å². The second-order valence-corrected chi connectivity index (χ2v) is 6.37. The smallest absolute Gasteiger partial charge is 0.176 e. The van der Waals surface area contributed by atoms with Crippen molar-refractivity contribution in [1.82, 2.24) is 0 Å². The third kappa shape index (κ3) is 2.08. The molecule has 0 spiro atoms. The average Bonchev–Trinajstić information content (AvgIpc) is 2.49. The predicted octanol–water partition coefficient (Wildman–Crippen LogP) is 2.45. The highest BCUT2D eigenvalue weighted by atomic mass is 35.5. The fourth-order valence-electron chi connectivity index (χ4n) is 1.60. The van der Waals surface area contributed by atoms with Crippen LogP contribution in [0.5, 0.6) is 0 Å². The molecule has 0 fully saturated rings. The van der Waals surface area contributed by atoms with Gasteiger partial charge < -0.3 is 5.32 Å². The molecule has 1 N–H and O–H groups in total. The normalized spacial score (nSPS) is 26.9. The Morgan fingerprint density at radius 2 is 2.00 bits per heavy atom. The number of anilines is 1. The summed E-state index contributed by atoms with van der Waals surface area (Å²) in [6.45, 7) is 1.68. The van der Waals surface area contributed by atoms with Crippen molar-refractivity contribution >= 4 is 27.1 Å². The Morgan fingerprint density at radius 1 is 1.31 bits per heavy atom. The van der Waals surface area contributed by atoms with Crippen molar-refractivity contribution in [2.75, 3.05) is 5.32 Å². The van der Waals surface area contributed by atoms with E-state index >= 15 is 0 Å². The summed E-state index contributed by atoms with van der Waals surface area (Å²) in [5.41, 5.74) is 0.753. The van der Waals surface area contributed by atoms with Crippen molar-refractivity contribution in [1.29, 1.82) is 0 Å². The zero-order chi connectivity index (χ0) is 11.8. The summed E-state index contributed by atoms with van der Waals surface area (Å²) in [6, 6.07) is 7.06. The van der Waals surface area contributed by atoms with Gasteiger partial charge in [-0.05, 0) is 25.1 Å². The van der Waals surface area contributed by atoms with Crippen molar-refractivity contribution in [3.63, 3.8) is 0 Å². The van der Waals surface area contributed by atoms with Gasteiger partial charge in [0.1, 0.15) is 0 Å². The molecule has 0 saturated heterocycles. The van der Waals surface area contributed by atoms with E-state index in [0.717, 1.165) is 5.69 Å². The second-order valence-electron chi connectivity index (χ2n) is 3.77. The summed E-state index contributed by atoms with van der Waals surface area (Å²) < 4.78 is 23.0. The molecule has 1 aromatic carbocycles. The average molecular weight is 258 g/mol. The number of benzene rings is 1. The predicted molar refractivity (Wildman–Crippen MR) is 66.4 cm³/mol. The van der Waals surface area contributed by atoms with Crippen LogP contribution in [-0.2, 0) is 9.84 Å². The van der Waals surface area contributed by atoms with Crippen molar-refractivity contribution in [3.05, 3.63) is 40.8 Å². The maximum absolute atomic E-state index is 11.5. The summed E-state index contributed by atoms with van der Waals surface area (Å²) in [6.07, 6.45) is 1.66. The molecule has 0 aromatic heterocycles. The van der Waals surface area contributed by atoms with E-state index in [0.29, 0.717) is 5.02 Å². The highest BCUT2D eigenvalue weighted by molar-refractivity contribution is 7.95. The van der Waals surface area contributed by atoms with Crippen LogP contribution in [0.25, 0.3) is 0 Å². The van der Waals surface area contributed by atoms with Crippen LogP contribution in [0.15, 0.2) is 35.7 Å². The molecule has 5 heteroatoms. The lowest BCUT2D eigenvalue weighted by atomic mass is 10.2. The van der Waals surface area contributed by atoms with Crippen LogP contribution >= 0.6 is 11.6 Å². The third-order valence-electron chi connectivity index (χ3n) is 2.70. The van der Waals surface area contributed by atoms with E-state index in [1.54, 1.807) is 19.1 Å². The molecule has 0 aliphatic carbocycles. The first-order valence-corrected chi connectivity index (χ1v) is 6.92. The van der Waals surface area contributed by atoms with Gasteiger partial charge in [-0.2, -0.15) is 0 Å². The zero-order valence-electron chi connectivity index (χ0n) is 8.72. The van der Waals surface area contributed by atoms with Crippen molar-refractivity contribution in [3.8, 4) is 0 Å². The van der Waals surface area contributed by atoms with E-state index < -0.39 is 15.1 Å². The van der Waals surface area contributed by atoms with Gasteiger partial charge in [-0.1, -0.05) is 23.7 Å². The van der Waals surface area contributed by atoms with Crippen LogP contribution in [0.4, 0.5) is 5.69 Å². The van der Waals surface area contributed by atoms with E-state index in [1.807, 2.05) is 18.2 Å². The van der Waals surface area contributed by atoms with Crippen LogP contribution in [0, 0.1) is 0 Å². The second kappa shape index (κ2) is 4.11. The zero-order valence-corrected chi connectivity index (χ0v) is 10.3. The molecule has 1 aliphatic heterocycles. The third-order valence-corrected chi connectivity index (χ3v) is 4.89. The van der Waals surface area contributed by atoms with Crippen molar-refractivity contribution < 1.29 is 8.42 Å². The van der Waals surface area contributed by atoms with Crippen molar-refractivity contribution in [2.45, 2.75) is 18.2 Å². The lowest BCUT2D eigenvalue weighted by molar-refractivity contribution is 0.593. The Morgan fingerprint density at radius 3 is 2.56 bits per heavy atom. The number of rotatable bonds is 2. The minimum Gasteiger partial charge on any atom is -0.376 e. The first-order chi connectivity index (χ1) is 7.50. The SMILES string of the molecule is C[C@@H]1[C@H](Nc2ccccc2Cl)C=CS1(=O)=O. The van der Waals surface area contributed by atoms with Crippen LogP contribution < -0.4 is 5.32 Å². The highest BCUT2D eigenvalue weighted by Crippen LogP contribution is 2.26. The van der Waals surface area contributed by atoms with Crippen molar-refractivity contribution in [2.24, 2.45) is 0 Å². The molecular weight excluding hydrogens is 246 g/mol. The quantitative estimate of drug-likeness (QED) is 0.885. The molecule has 0 bridgehead atoms. The van der Waals surface area contributed by atoms with Gasteiger partial charge in [0.2, 0.25) is 0 Å². The van der Waals surface area contributed by atoms with Gasteiger partial charge >= 0.3 is 0 Å². The molecule has 86 valence electrons. The molecule has 1 aromatic rings. The molecule has 3 nitrogen and oxygen atoms in total. The summed E-state index contributed by atoms with van der Waals surface area (Å²) in [5, 5.41) is 4.51. The van der Waals surface area contributed by atoms with E-state index in [9.17, 15) is 8.42 Å². The molecule has 0 unspecified atom stereocenters. The lowest BCUT2D eigenvalue weighted by Gasteiger charge is -2.17. The van der Waals surface area contributed by atoms with Crippen LogP contribution in [0.3, 0.4) is 0 Å². The largest absolute Gasteiger partial charge is 0.376 e. The van der Waals surface area contributed by atoms with Gasteiger partial charge in [0.05, 0.1) is 22.0 Å². The molecule has 1 heterocycles. The number of para-hydroxylation sites is 1. The maximum Gasteiger partial charge on any atom is 0.176 e. The number of sulfone groups is 1. The Kier molecular flexibility index (Phi) is 2.95. The molecule has 0 amide bonds. The van der Waals surface area contributed by atoms with Crippen LogP contribution in [0.1, 0.15) is 6.92 Å². The summed E-state index contributed by atoms with van der Waals surface area (Å²) in [5.74, 6) is 0. The fourth-order valence-corrected chi connectivity index (χ4v) is 3.00. The summed E-state index contributed by atoms with van der Waals surface area (Å²) in [4.78, 5) is 0. The van der Waals surface area contributed by atoms with Crippen LogP contribution in [-0.4, -0.2) is 19.7 Å². The molecule has 0 radical (unpaired) electrons. The Balaban J connectivity index is 2.20. The summed E-state index contributed by atoms with van der Waals surface area (Å²) >= 11 is 5.99. The minimum absolute atomic E-state index is 0.218. The standard InChI is InChI=1S/C11H12ClNO2S/c1-8-10(6-7-16(8,14)15)13-11-5-3-2-4-9(11)12/h2-8,10,13H,1H3/t8-,10-/m1/s1. The number of halogens is 1. The maximum atomic E-state index is 11.5. The molecule has 1 aliphatic rings. The molecule has 2 rings (SSSR count). The first kappa shape index (κ1) is 11.5. The number of hydrogen-bond acceptors (Lipinski definition) is 3. The van der Waals surface area contributed by atoms with Gasteiger partial charge in [-0.3, -0.25) is 0 Å². The number of nitrogens with one attached hydrogen (secondary N) is 1. The monoisotopic (exact) mass is 257 g/mol. The molecular formula is C11H12ClNO2S. The van der Waals surface area contributed by atoms with Gasteiger partial charge in [0.25, 0.3) is 0 Å². The van der Waals surface area contributed by atoms with E-state index in [-0.39, 0.29) is 6.04 Å². The molecule has 0 saturated carbocycles. The Labute approximate surface area is 100 Å². The fraction of sp³-hybridized carbons (Fsp3) is 0.273. The van der Waals surface area contributed by atoms with Crippen LogP contribution in [0.2, 0.25) is 5.02 Å². The Bertz CT molecular complexity index is 525. The highest BCUT2D eigenvalue weighted by Gasteiger charge is 2.31. The van der Waals surface area contributed by atoms with E-state index in [1.165, 1.54) is 5.41 Å². The summed E-state index contributed by atoms with van der Waals surface area (Å²) in [7, 11) is -3.09. The molecule has 16 heavy (non-hydrogen) atoms. The Hall–Kier alpha value is -1.00. The van der Waals surface area contributed by atoms with Gasteiger partial charge in [0.15, 0.2) is 9.84 Å². The number of hydrogen-bond donors (Lipinski definition) is 1. The van der Waals surface area contributed by atoms with Gasteiger partial charge in [-0.25, -0.2) is 8.42 Å².